The van der Waals surface area contributed by atoms with Crippen LogP contribution in [0.25, 0.3) is 21.7 Å². The molecular weight excluding hydrogens is 340 g/mol. The number of aromatic amines is 1. The molecule has 2 aromatic heterocycles. The lowest BCUT2D eigenvalue weighted by Crippen LogP contribution is -2.31. The van der Waals surface area contributed by atoms with E-state index in [0.29, 0.717) is 17.4 Å². The Morgan fingerprint density at radius 2 is 2.04 bits per heavy atom. The first kappa shape index (κ1) is 17.5. The average molecular weight is 364 g/mol. The molecule has 1 aromatic carbocycles. The van der Waals surface area contributed by atoms with E-state index < -0.39 is 0 Å². The fourth-order valence-corrected chi connectivity index (χ4v) is 3.18. The number of H-pyrrole nitrogens is 1. The zero-order valence-electron chi connectivity index (χ0n) is 16.0. The van der Waals surface area contributed by atoms with Crippen molar-refractivity contribution in [1.29, 1.82) is 0 Å². The van der Waals surface area contributed by atoms with Crippen LogP contribution >= 0.6 is 0 Å². The second kappa shape index (κ2) is 6.33. The maximum atomic E-state index is 12.5. The minimum absolute atomic E-state index is 0.0367. The molecule has 0 fully saturated rings. The van der Waals surface area contributed by atoms with Gasteiger partial charge >= 0.3 is 0 Å². The highest BCUT2D eigenvalue weighted by Crippen LogP contribution is 2.33. The first-order chi connectivity index (χ1) is 12.8. The van der Waals surface area contributed by atoms with Crippen molar-refractivity contribution in [2.24, 2.45) is 15.8 Å². The van der Waals surface area contributed by atoms with Gasteiger partial charge in [-0.15, -0.1) is 0 Å². The number of anilines is 1. The standard InChI is InChI=1S/C20H24N6O/c1-11(20(2,3)4)23-18-13-6-5-12(16-10-22-26-25-16)9-14(13)17-15(24-18)7-8-21-19(17)27/h5-9,11,16H,10H2,1-4H3,(H,21,27)(H,22,25)(H,23,24). The molecule has 1 aliphatic heterocycles. The molecule has 0 bridgehead atoms. The number of benzene rings is 1. The van der Waals surface area contributed by atoms with Gasteiger partial charge in [0.25, 0.3) is 5.56 Å². The second-order valence-electron chi connectivity index (χ2n) is 8.16. The minimum Gasteiger partial charge on any atom is -0.367 e. The number of hydrogen-bond acceptors (Lipinski definition) is 6. The molecule has 4 rings (SSSR count). The van der Waals surface area contributed by atoms with E-state index in [4.69, 9.17) is 4.98 Å². The molecular formula is C20H24N6O. The smallest absolute Gasteiger partial charge is 0.258 e. The number of nitrogens with zero attached hydrogens (tertiary/aromatic N) is 3. The molecule has 0 saturated carbocycles. The fourth-order valence-electron chi connectivity index (χ4n) is 3.18. The first-order valence-corrected chi connectivity index (χ1v) is 9.19. The summed E-state index contributed by atoms with van der Waals surface area (Å²) < 4.78 is 0. The summed E-state index contributed by atoms with van der Waals surface area (Å²) in [6.07, 6.45) is 1.64. The van der Waals surface area contributed by atoms with Crippen molar-refractivity contribution in [3.63, 3.8) is 0 Å². The highest BCUT2D eigenvalue weighted by Gasteiger charge is 2.22. The average Bonchev–Trinajstić information content (AvgIpc) is 3.15. The Morgan fingerprint density at radius 1 is 1.22 bits per heavy atom. The maximum absolute atomic E-state index is 12.5. The van der Waals surface area contributed by atoms with Crippen molar-refractivity contribution in [3.05, 3.63) is 46.4 Å². The van der Waals surface area contributed by atoms with E-state index in [1.807, 2.05) is 24.3 Å². The van der Waals surface area contributed by atoms with Gasteiger partial charge in [0, 0.05) is 23.0 Å². The summed E-state index contributed by atoms with van der Waals surface area (Å²) in [7, 11) is 0. The molecule has 7 heteroatoms. The van der Waals surface area contributed by atoms with Gasteiger partial charge < -0.3 is 10.3 Å². The third kappa shape index (κ3) is 3.13. The Labute approximate surface area is 157 Å². The second-order valence-corrected chi connectivity index (χ2v) is 8.16. The molecule has 27 heavy (non-hydrogen) atoms. The van der Waals surface area contributed by atoms with Crippen LogP contribution in [0.3, 0.4) is 0 Å². The lowest BCUT2D eigenvalue weighted by atomic mass is 9.88. The number of fused-ring (bicyclic) bond motifs is 3. The van der Waals surface area contributed by atoms with Crippen LogP contribution in [0.2, 0.25) is 0 Å². The van der Waals surface area contributed by atoms with Crippen LogP contribution in [0.1, 0.15) is 39.3 Å². The summed E-state index contributed by atoms with van der Waals surface area (Å²) in [4.78, 5) is 20.1. The van der Waals surface area contributed by atoms with Gasteiger partial charge in [-0.2, -0.15) is 5.11 Å². The Morgan fingerprint density at radius 3 is 2.74 bits per heavy atom. The van der Waals surface area contributed by atoms with E-state index in [2.05, 4.69) is 53.8 Å². The van der Waals surface area contributed by atoms with Gasteiger partial charge in [-0.3, -0.25) is 10.2 Å². The highest BCUT2D eigenvalue weighted by atomic mass is 16.1. The summed E-state index contributed by atoms with van der Waals surface area (Å²) in [5, 5.41) is 14.0. The van der Waals surface area contributed by atoms with Crippen LogP contribution in [-0.4, -0.2) is 22.6 Å². The minimum atomic E-state index is -0.135. The number of pyridine rings is 2. The zero-order chi connectivity index (χ0) is 19.2. The van der Waals surface area contributed by atoms with Gasteiger partial charge in [-0.1, -0.05) is 38.1 Å². The van der Waals surface area contributed by atoms with Crippen molar-refractivity contribution in [2.45, 2.75) is 39.8 Å². The van der Waals surface area contributed by atoms with Crippen LogP contribution in [0.5, 0.6) is 0 Å². The molecule has 7 nitrogen and oxygen atoms in total. The maximum Gasteiger partial charge on any atom is 0.258 e. The molecule has 2 atom stereocenters. The number of aromatic nitrogens is 2. The Bertz CT molecular complexity index is 1100. The zero-order valence-corrected chi connectivity index (χ0v) is 16.0. The summed E-state index contributed by atoms with van der Waals surface area (Å²) in [5.41, 5.74) is 4.54. The third-order valence-corrected chi connectivity index (χ3v) is 5.33. The van der Waals surface area contributed by atoms with Gasteiger partial charge in [0.2, 0.25) is 0 Å². The van der Waals surface area contributed by atoms with Crippen molar-refractivity contribution in [2.75, 3.05) is 11.9 Å². The topological polar surface area (TPSA) is 94.5 Å². The van der Waals surface area contributed by atoms with Crippen molar-refractivity contribution >= 4 is 27.5 Å². The van der Waals surface area contributed by atoms with E-state index in [9.17, 15) is 4.79 Å². The predicted octanol–water partition coefficient (Wildman–Crippen LogP) is 3.93. The Hall–Kier alpha value is -2.96. The molecule has 2 unspecified atom stereocenters. The molecule has 3 aromatic rings. The van der Waals surface area contributed by atoms with E-state index >= 15 is 0 Å². The summed E-state index contributed by atoms with van der Waals surface area (Å²) in [6, 6.07) is 8.11. The molecule has 3 N–H and O–H groups in total. The summed E-state index contributed by atoms with van der Waals surface area (Å²) >= 11 is 0. The predicted molar refractivity (Wildman–Crippen MR) is 108 cm³/mol. The molecule has 0 amide bonds. The number of hydrogen-bond donors (Lipinski definition) is 3. The van der Waals surface area contributed by atoms with Gasteiger partial charge in [0.1, 0.15) is 11.9 Å². The van der Waals surface area contributed by atoms with E-state index in [1.54, 1.807) is 6.20 Å². The number of nitrogens with one attached hydrogen (secondary N) is 3. The lowest BCUT2D eigenvalue weighted by molar-refractivity contribution is 0.359. The third-order valence-electron chi connectivity index (χ3n) is 5.33. The lowest BCUT2D eigenvalue weighted by Gasteiger charge is -2.29. The van der Waals surface area contributed by atoms with Crippen LogP contribution < -0.4 is 16.3 Å². The van der Waals surface area contributed by atoms with Crippen molar-refractivity contribution < 1.29 is 0 Å². The van der Waals surface area contributed by atoms with E-state index in [0.717, 1.165) is 22.2 Å². The SMILES string of the molecule is CC(Nc1nc2cc[nH]c(=O)c2c2cc(C3CNN=N3)ccc12)C(C)(C)C. The van der Waals surface area contributed by atoms with Crippen molar-refractivity contribution in [3.8, 4) is 0 Å². The van der Waals surface area contributed by atoms with E-state index in [1.165, 1.54) is 0 Å². The van der Waals surface area contributed by atoms with Gasteiger partial charge in [-0.25, -0.2) is 4.98 Å². The molecule has 0 aliphatic carbocycles. The molecule has 3 heterocycles. The largest absolute Gasteiger partial charge is 0.367 e. The Kier molecular flexibility index (Phi) is 4.09. The fraction of sp³-hybridized carbons (Fsp3) is 0.400. The van der Waals surface area contributed by atoms with Crippen LogP contribution in [0, 0.1) is 5.41 Å². The first-order valence-electron chi connectivity index (χ1n) is 9.19. The van der Waals surface area contributed by atoms with Crippen LogP contribution in [0.15, 0.2) is 45.6 Å². The van der Waals surface area contributed by atoms with Crippen LogP contribution in [-0.2, 0) is 0 Å². The van der Waals surface area contributed by atoms with Crippen molar-refractivity contribution in [1.82, 2.24) is 15.4 Å². The van der Waals surface area contributed by atoms with Gasteiger partial charge in [0.15, 0.2) is 0 Å². The molecule has 0 saturated heterocycles. The monoisotopic (exact) mass is 364 g/mol. The van der Waals surface area contributed by atoms with Crippen LogP contribution in [0.4, 0.5) is 5.82 Å². The highest BCUT2D eigenvalue weighted by molar-refractivity contribution is 6.09. The van der Waals surface area contributed by atoms with E-state index in [-0.39, 0.29) is 23.1 Å². The quantitative estimate of drug-likeness (QED) is 0.614. The molecule has 0 spiro atoms. The normalized spacial score (nSPS) is 18.0. The molecule has 0 radical (unpaired) electrons. The Balaban J connectivity index is 1.95. The number of rotatable bonds is 3. The summed E-state index contributed by atoms with van der Waals surface area (Å²) in [6.45, 7) is 9.38. The van der Waals surface area contributed by atoms with Gasteiger partial charge in [-0.05, 0) is 30.0 Å². The molecule has 140 valence electrons. The van der Waals surface area contributed by atoms with Gasteiger partial charge in [0.05, 0.1) is 17.4 Å². The summed E-state index contributed by atoms with van der Waals surface area (Å²) in [5.74, 6) is 0.795. The molecule has 1 aliphatic rings.